The van der Waals surface area contributed by atoms with Gasteiger partial charge in [-0.2, -0.15) is 0 Å². The maximum atomic E-state index is 11.9. The third-order valence-electron chi connectivity index (χ3n) is 2.13. The number of nitrogens with one attached hydrogen (secondary N) is 1. The molecule has 0 amide bonds. The zero-order chi connectivity index (χ0) is 12.3. The molecule has 0 atom stereocenters. The van der Waals surface area contributed by atoms with E-state index < -0.39 is 10.0 Å². The lowest BCUT2D eigenvalue weighted by atomic mass is 10.4. The van der Waals surface area contributed by atoms with Crippen LogP contribution in [0.5, 0.6) is 0 Å². The molecular weight excluding hydrogens is 256 g/mol. The minimum atomic E-state index is -3.43. The summed E-state index contributed by atoms with van der Waals surface area (Å²) < 4.78 is 26.3. The number of rotatable bonds is 4. The van der Waals surface area contributed by atoms with Crippen molar-refractivity contribution in [3.05, 3.63) is 46.4 Å². The van der Waals surface area contributed by atoms with Gasteiger partial charge >= 0.3 is 0 Å². The number of aryl methyl sites for hydroxylation is 1. The Hall–Kier alpha value is -1.24. The SMILES string of the molecule is Cc1csc(CNS(=O)(=O)c2ccccc2)n1. The van der Waals surface area contributed by atoms with Crippen LogP contribution in [0.2, 0.25) is 0 Å². The molecule has 4 nitrogen and oxygen atoms in total. The minimum absolute atomic E-state index is 0.232. The number of benzene rings is 1. The molecule has 2 aromatic rings. The highest BCUT2D eigenvalue weighted by molar-refractivity contribution is 7.89. The Morgan fingerprint density at radius 3 is 2.59 bits per heavy atom. The van der Waals surface area contributed by atoms with Crippen molar-refractivity contribution in [3.8, 4) is 0 Å². The van der Waals surface area contributed by atoms with Crippen molar-refractivity contribution < 1.29 is 8.42 Å². The summed E-state index contributed by atoms with van der Waals surface area (Å²) in [6.45, 7) is 2.11. The summed E-state index contributed by atoms with van der Waals surface area (Å²) in [5.74, 6) is 0. The molecule has 1 N–H and O–H groups in total. The molecule has 90 valence electrons. The number of thiazole rings is 1. The van der Waals surface area contributed by atoms with Crippen LogP contribution in [0, 0.1) is 6.92 Å². The largest absolute Gasteiger partial charge is 0.245 e. The number of hydrogen-bond acceptors (Lipinski definition) is 4. The highest BCUT2D eigenvalue weighted by Gasteiger charge is 2.13. The van der Waals surface area contributed by atoms with E-state index in [1.54, 1.807) is 30.3 Å². The van der Waals surface area contributed by atoms with Gasteiger partial charge < -0.3 is 0 Å². The first-order valence-electron chi connectivity index (χ1n) is 5.04. The minimum Gasteiger partial charge on any atom is -0.245 e. The molecule has 1 aromatic carbocycles. The molecule has 17 heavy (non-hydrogen) atoms. The first-order chi connectivity index (χ1) is 8.08. The molecule has 0 saturated heterocycles. The van der Waals surface area contributed by atoms with Gasteiger partial charge in [0.05, 0.1) is 11.4 Å². The maximum absolute atomic E-state index is 11.9. The Morgan fingerprint density at radius 2 is 2.00 bits per heavy atom. The van der Waals surface area contributed by atoms with Gasteiger partial charge in [-0.15, -0.1) is 11.3 Å². The van der Waals surface area contributed by atoms with Crippen LogP contribution in [-0.4, -0.2) is 13.4 Å². The Morgan fingerprint density at radius 1 is 1.29 bits per heavy atom. The second kappa shape index (κ2) is 4.95. The standard InChI is InChI=1S/C11H12N2O2S2/c1-9-8-16-11(13-9)7-12-17(14,15)10-5-3-2-4-6-10/h2-6,8,12H,7H2,1H3. The molecule has 1 aromatic heterocycles. The van der Waals surface area contributed by atoms with Crippen molar-refractivity contribution in [2.45, 2.75) is 18.4 Å². The normalized spacial score (nSPS) is 11.6. The molecule has 0 spiro atoms. The van der Waals surface area contributed by atoms with Gasteiger partial charge in [0.15, 0.2) is 0 Å². The van der Waals surface area contributed by atoms with Gasteiger partial charge in [-0.05, 0) is 19.1 Å². The Labute approximate surface area is 104 Å². The average Bonchev–Trinajstić information content (AvgIpc) is 2.74. The molecule has 0 aliphatic carbocycles. The molecular formula is C11H12N2O2S2. The van der Waals surface area contributed by atoms with Gasteiger partial charge in [0.1, 0.15) is 5.01 Å². The highest BCUT2D eigenvalue weighted by atomic mass is 32.2. The van der Waals surface area contributed by atoms with Crippen LogP contribution >= 0.6 is 11.3 Å². The van der Waals surface area contributed by atoms with Crippen LogP contribution in [0.15, 0.2) is 40.6 Å². The Bertz CT molecular complexity index is 591. The van der Waals surface area contributed by atoms with Crippen LogP contribution in [0.25, 0.3) is 0 Å². The average molecular weight is 268 g/mol. The van der Waals surface area contributed by atoms with Gasteiger partial charge in [-0.3, -0.25) is 0 Å². The molecule has 0 bridgehead atoms. The topological polar surface area (TPSA) is 59.1 Å². The van der Waals surface area contributed by atoms with Crippen LogP contribution in [0.3, 0.4) is 0 Å². The van der Waals surface area contributed by atoms with E-state index in [4.69, 9.17) is 0 Å². The molecule has 0 radical (unpaired) electrons. The fraction of sp³-hybridized carbons (Fsp3) is 0.182. The smallest absolute Gasteiger partial charge is 0.240 e. The zero-order valence-electron chi connectivity index (χ0n) is 9.25. The van der Waals surface area contributed by atoms with Crippen molar-refractivity contribution in [1.29, 1.82) is 0 Å². The first-order valence-corrected chi connectivity index (χ1v) is 7.40. The van der Waals surface area contributed by atoms with E-state index in [-0.39, 0.29) is 11.4 Å². The summed E-state index contributed by atoms with van der Waals surface area (Å²) in [6.07, 6.45) is 0. The second-order valence-corrected chi connectivity index (χ2v) is 6.23. The Kier molecular flexibility index (Phi) is 3.56. The second-order valence-electron chi connectivity index (χ2n) is 3.52. The summed E-state index contributed by atoms with van der Waals surface area (Å²) in [7, 11) is -3.43. The quantitative estimate of drug-likeness (QED) is 0.921. The van der Waals surface area contributed by atoms with Crippen molar-refractivity contribution in [2.75, 3.05) is 0 Å². The van der Waals surface area contributed by atoms with E-state index in [9.17, 15) is 8.42 Å². The first kappa shape index (κ1) is 12.2. The molecule has 2 rings (SSSR count). The molecule has 0 fully saturated rings. The zero-order valence-corrected chi connectivity index (χ0v) is 10.9. The van der Waals surface area contributed by atoms with Crippen LogP contribution in [0.4, 0.5) is 0 Å². The number of sulfonamides is 1. The fourth-order valence-corrected chi connectivity index (χ4v) is 3.14. The lowest BCUT2D eigenvalue weighted by molar-refractivity contribution is 0.581. The molecule has 0 aliphatic heterocycles. The maximum Gasteiger partial charge on any atom is 0.240 e. The van der Waals surface area contributed by atoms with Gasteiger partial charge in [-0.25, -0.2) is 18.1 Å². The third kappa shape index (κ3) is 3.12. The number of aromatic nitrogens is 1. The lowest BCUT2D eigenvalue weighted by Gasteiger charge is -2.04. The van der Waals surface area contributed by atoms with E-state index in [2.05, 4.69) is 9.71 Å². The van der Waals surface area contributed by atoms with Gasteiger partial charge in [0.2, 0.25) is 10.0 Å². The highest BCUT2D eigenvalue weighted by Crippen LogP contribution is 2.11. The summed E-state index contributed by atoms with van der Waals surface area (Å²) in [5, 5.41) is 2.66. The predicted molar refractivity (Wildman–Crippen MR) is 67.3 cm³/mol. The monoisotopic (exact) mass is 268 g/mol. The van der Waals surface area contributed by atoms with Gasteiger partial charge in [0, 0.05) is 11.1 Å². The summed E-state index contributed by atoms with van der Waals surface area (Å²) in [6, 6.07) is 8.30. The van der Waals surface area contributed by atoms with Gasteiger partial charge in [-0.1, -0.05) is 18.2 Å². The molecule has 0 unspecified atom stereocenters. The van der Waals surface area contributed by atoms with E-state index in [0.29, 0.717) is 0 Å². The summed E-state index contributed by atoms with van der Waals surface area (Å²) in [4.78, 5) is 4.47. The third-order valence-corrected chi connectivity index (χ3v) is 4.52. The van der Waals surface area contributed by atoms with Gasteiger partial charge in [0.25, 0.3) is 0 Å². The van der Waals surface area contributed by atoms with E-state index in [1.165, 1.54) is 11.3 Å². The van der Waals surface area contributed by atoms with Crippen molar-refractivity contribution in [3.63, 3.8) is 0 Å². The summed E-state index contributed by atoms with van der Waals surface area (Å²) in [5.41, 5.74) is 0.906. The number of hydrogen-bond donors (Lipinski definition) is 1. The Balaban J connectivity index is 2.09. The van der Waals surface area contributed by atoms with Crippen LogP contribution in [-0.2, 0) is 16.6 Å². The van der Waals surface area contributed by atoms with Crippen LogP contribution in [0.1, 0.15) is 10.7 Å². The molecule has 0 saturated carbocycles. The van der Waals surface area contributed by atoms with Crippen LogP contribution < -0.4 is 4.72 Å². The summed E-state index contributed by atoms with van der Waals surface area (Å²) >= 11 is 1.45. The fourth-order valence-electron chi connectivity index (χ4n) is 1.32. The van der Waals surface area contributed by atoms with E-state index in [0.717, 1.165) is 10.7 Å². The van der Waals surface area contributed by atoms with E-state index in [1.807, 2.05) is 12.3 Å². The predicted octanol–water partition coefficient (Wildman–Crippen LogP) is 1.93. The van der Waals surface area contributed by atoms with E-state index >= 15 is 0 Å². The lowest BCUT2D eigenvalue weighted by Crippen LogP contribution is -2.23. The molecule has 6 heteroatoms. The van der Waals surface area contributed by atoms with Crippen molar-refractivity contribution in [2.24, 2.45) is 0 Å². The molecule has 1 heterocycles. The van der Waals surface area contributed by atoms with Crippen molar-refractivity contribution in [1.82, 2.24) is 9.71 Å². The number of nitrogens with zero attached hydrogens (tertiary/aromatic N) is 1. The van der Waals surface area contributed by atoms with Crippen molar-refractivity contribution >= 4 is 21.4 Å². The molecule has 0 aliphatic rings.